The summed E-state index contributed by atoms with van der Waals surface area (Å²) in [5.41, 5.74) is 1.03. The fraction of sp³-hybridized carbons (Fsp3) is 0.182. The maximum atomic E-state index is 13.2. The Kier molecular flexibility index (Phi) is 4.31. The Morgan fingerprint density at radius 3 is 2.87 bits per heavy atom. The van der Waals surface area contributed by atoms with Crippen molar-refractivity contribution in [1.82, 2.24) is 0 Å². The number of halogens is 2. The predicted octanol–water partition coefficient (Wildman–Crippen LogP) is 2.75. The smallest absolute Gasteiger partial charge is 0.330 e. The van der Waals surface area contributed by atoms with Crippen molar-refractivity contribution >= 4 is 23.6 Å². The van der Waals surface area contributed by atoms with Gasteiger partial charge in [0, 0.05) is 11.6 Å². The molecule has 0 aliphatic carbocycles. The lowest BCUT2D eigenvalue weighted by molar-refractivity contribution is -0.134. The van der Waals surface area contributed by atoms with Crippen LogP contribution in [0.2, 0.25) is 0 Å². The molecule has 0 aromatic heterocycles. The Morgan fingerprint density at radius 2 is 2.33 bits per heavy atom. The van der Waals surface area contributed by atoms with Gasteiger partial charge in [-0.15, -0.1) is 11.6 Å². The van der Waals surface area contributed by atoms with Crippen LogP contribution in [-0.2, 0) is 15.4 Å². The highest BCUT2D eigenvalue weighted by molar-refractivity contribution is 6.17. The zero-order chi connectivity index (χ0) is 11.3. The van der Waals surface area contributed by atoms with Crippen molar-refractivity contribution in [2.24, 2.45) is 0 Å². The molecule has 0 spiro atoms. The highest BCUT2D eigenvalue weighted by Crippen LogP contribution is 2.13. The van der Waals surface area contributed by atoms with Crippen LogP contribution < -0.4 is 0 Å². The van der Waals surface area contributed by atoms with Crippen molar-refractivity contribution < 1.29 is 13.9 Å². The highest BCUT2D eigenvalue weighted by atomic mass is 35.5. The lowest BCUT2D eigenvalue weighted by Gasteiger charge is -1.99. The average Bonchev–Trinajstić information content (AvgIpc) is 2.26. The monoisotopic (exact) mass is 228 g/mol. The molecule has 15 heavy (non-hydrogen) atoms. The summed E-state index contributed by atoms with van der Waals surface area (Å²) >= 11 is 5.50. The minimum Gasteiger partial charge on any atom is -0.466 e. The van der Waals surface area contributed by atoms with Gasteiger partial charge in [-0.1, -0.05) is 12.1 Å². The molecule has 0 N–H and O–H groups in total. The van der Waals surface area contributed by atoms with Crippen molar-refractivity contribution in [3.05, 3.63) is 41.2 Å². The number of benzene rings is 1. The van der Waals surface area contributed by atoms with E-state index in [9.17, 15) is 9.18 Å². The van der Waals surface area contributed by atoms with E-state index in [0.717, 1.165) is 0 Å². The number of carbonyl (C=O) groups is 1. The van der Waals surface area contributed by atoms with E-state index in [1.54, 1.807) is 12.1 Å². The first kappa shape index (κ1) is 11.7. The average molecular weight is 229 g/mol. The fourth-order valence-electron chi connectivity index (χ4n) is 1.01. The minimum atomic E-state index is -0.475. The van der Waals surface area contributed by atoms with Crippen molar-refractivity contribution in [3.8, 4) is 0 Å². The van der Waals surface area contributed by atoms with Gasteiger partial charge in [-0.3, -0.25) is 0 Å². The molecule has 2 nitrogen and oxygen atoms in total. The van der Waals surface area contributed by atoms with E-state index in [1.165, 1.54) is 25.3 Å². The van der Waals surface area contributed by atoms with Gasteiger partial charge in [-0.2, -0.15) is 0 Å². The zero-order valence-corrected chi connectivity index (χ0v) is 8.92. The summed E-state index contributed by atoms with van der Waals surface area (Å²) in [5, 5.41) is 0. The van der Waals surface area contributed by atoms with E-state index in [1.807, 2.05) is 0 Å². The molecule has 0 radical (unpaired) electrons. The molecule has 80 valence electrons. The summed E-state index contributed by atoms with van der Waals surface area (Å²) in [6, 6.07) is 4.58. The van der Waals surface area contributed by atoms with Crippen LogP contribution in [0.15, 0.2) is 24.3 Å². The van der Waals surface area contributed by atoms with E-state index >= 15 is 0 Å². The van der Waals surface area contributed by atoms with Gasteiger partial charge in [0.05, 0.1) is 13.0 Å². The number of rotatable bonds is 3. The Balaban J connectivity index is 2.84. The molecular formula is C11H10ClFO2. The molecule has 1 aromatic carbocycles. The van der Waals surface area contributed by atoms with Gasteiger partial charge in [0.25, 0.3) is 0 Å². The lowest BCUT2D eigenvalue weighted by Crippen LogP contribution is -1.93. The van der Waals surface area contributed by atoms with Crippen LogP contribution in [0.5, 0.6) is 0 Å². The Hall–Kier alpha value is -1.35. The summed E-state index contributed by atoms with van der Waals surface area (Å²) in [7, 11) is 1.28. The zero-order valence-electron chi connectivity index (χ0n) is 8.17. The van der Waals surface area contributed by atoms with Crippen LogP contribution in [0.3, 0.4) is 0 Å². The number of methoxy groups -OCH3 is 1. The third-order valence-corrected chi connectivity index (χ3v) is 2.12. The molecule has 0 heterocycles. The summed E-state index contributed by atoms with van der Waals surface area (Å²) < 4.78 is 17.6. The molecular weight excluding hydrogens is 219 g/mol. The molecule has 1 rings (SSSR count). The number of hydrogen-bond donors (Lipinski definition) is 0. The lowest BCUT2D eigenvalue weighted by atomic mass is 10.1. The normalized spacial score (nSPS) is 10.6. The highest BCUT2D eigenvalue weighted by Gasteiger charge is 2.00. The van der Waals surface area contributed by atoms with Crippen molar-refractivity contribution in [1.29, 1.82) is 0 Å². The molecule has 0 bridgehead atoms. The third kappa shape index (κ3) is 3.36. The second-order valence-corrected chi connectivity index (χ2v) is 3.11. The number of hydrogen-bond acceptors (Lipinski definition) is 2. The maximum Gasteiger partial charge on any atom is 0.330 e. The summed E-state index contributed by atoms with van der Waals surface area (Å²) in [6.07, 6.45) is 2.71. The largest absolute Gasteiger partial charge is 0.466 e. The molecule has 0 saturated heterocycles. The molecule has 0 saturated carbocycles. The van der Waals surface area contributed by atoms with Gasteiger partial charge in [0.15, 0.2) is 0 Å². The van der Waals surface area contributed by atoms with Crippen molar-refractivity contribution in [3.63, 3.8) is 0 Å². The quantitative estimate of drug-likeness (QED) is 0.452. The number of carbonyl (C=O) groups excluding carboxylic acids is 1. The van der Waals surface area contributed by atoms with Gasteiger partial charge in [-0.25, -0.2) is 9.18 Å². The van der Waals surface area contributed by atoms with Gasteiger partial charge in [0.1, 0.15) is 5.82 Å². The van der Waals surface area contributed by atoms with E-state index in [4.69, 9.17) is 11.6 Å². The molecule has 0 aliphatic heterocycles. The second-order valence-electron chi connectivity index (χ2n) is 2.84. The number of ether oxygens (including phenoxy) is 1. The van der Waals surface area contributed by atoms with E-state index in [-0.39, 0.29) is 11.7 Å². The van der Waals surface area contributed by atoms with Crippen molar-refractivity contribution in [2.75, 3.05) is 7.11 Å². The van der Waals surface area contributed by atoms with Gasteiger partial charge in [0.2, 0.25) is 0 Å². The van der Waals surface area contributed by atoms with Crippen LogP contribution in [-0.4, -0.2) is 13.1 Å². The van der Waals surface area contributed by atoms with Crippen molar-refractivity contribution in [2.45, 2.75) is 5.88 Å². The first-order chi connectivity index (χ1) is 7.17. The molecule has 0 unspecified atom stereocenters. The second kappa shape index (κ2) is 5.51. The van der Waals surface area contributed by atoms with E-state index in [0.29, 0.717) is 11.1 Å². The Morgan fingerprint density at radius 1 is 1.60 bits per heavy atom. The molecule has 0 amide bonds. The topological polar surface area (TPSA) is 26.3 Å². The minimum absolute atomic E-state index is 0.132. The predicted molar refractivity (Wildman–Crippen MR) is 57.0 cm³/mol. The number of alkyl halides is 1. The first-order valence-corrected chi connectivity index (χ1v) is 4.81. The van der Waals surface area contributed by atoms with Crippen LogP contribution in [0.25, 0.3) is 6.08 Å². The van der Waals surface area contributed by atoms with Crippen LogP contribution >= 0.6 is 11.6 Å². The summed E-state index contributed by atoms with van der Waals surface area (Å²) in [5.74, 6) is -0.721. The maximum absolute atomic E-state index is 13.2. The number of esters is 1. The Bertz CT molecular complexity index is 388. The SMILES string of the molecule is COC(=O)C=Cc1ccc(CCl)c(F)c1. The summed E-state index contributed by atoms with van der Waals surface area (Å²) in [4.78, 5) is 10.8. The van der Waals surface area contributed by atoms with Gasteiger partial charge >= 0.3 is 5.97 Å². The fourth-order valence-corrected chi connectivity index (χ4v) is 1.22. The Labute approximate surface area is 92.3 Å². The first-order valence-electron chi connectivity index (χ1n) is 4.28. The third-order valence-electron chi connectivity index (χ3n) is 1.83. The van der Waals surface area contributed by atoms with Gasteiger partial charge in [-0.05, 0) is 17.7 Å². The van der Waals surface area contributed by atoms with Crippen LogP contribution in [0.4, 0.5) is 4.39 Å². The standard InChI is InChI=1S/C11H10ClFO2/c1-15-11(14)5-3-8-2-4-9(7-12)10(13)6-8/h2-6H,7H2,1H3. The molecule has 0 fully saturated rings. The summed E-state index contributed by atoms with van der Waals surface area (Å²) in [6.45, 7) is 0. The molecule has 0 aliphatic rings. The molecule has 1 aromatic rings. The van der Waals surface area contributed by atoms with Gasteiger partial charge < -0.3 is 4.74 Å². The van der Waals surface area contributed by atoms with Crippen LogP contribution in [0, 0.1) is 5.82 Å². The van der Waals surface area contributed by atoms with E-state index < -0.39 is 5.97 Å². The van der Waals surface area contributed by atoms with E-state index in [2.05, 4.69) is 4.74 Å². The molecule has 0 atom stereocenters. The van der Waals surface area contributed by atoms with Crippen LogP contribution in [0.1, 0.15) is 11.1 Å². The molecule has 4 heteroatoms.